The molecule has 2 aromatic rings. The lowest BCUT2D eigenvalue weighted by molar-refractivity contribution is -0.121. The third kappa shape index (κ3) is 5.16. The number of nitrogens with one attached hydrogen (secondary N) is 1. The van der Waals surface area contributed by atoms with E-state index in [-0.39, 0.29) is 22.8 Å². The number of hydrogen-bond acceptors (Lipinski definition) is 4. The van der Waals surface area contributed by atoms with E-state index in [1.54, 1.807) is 4.57 Å². The van der Waals surface area contributed by atoms with E-state index in [4.69, 9.17) is 4.98 Å². The number of aromatic nitrogens is 2. The summed E-state index contributed by atoms with van der Waals surface area (Å²) >= 11 is 1.39. The Kier molecular flexibility index (Phi) is 7.16. The van der Waals surface area contributed by atoms with Gasteiger partial charge in [-0.3, -0.25) is 14.2 Å². The van der Waals surface area contributed by atoms with Gasteiger partial charge in [-0.2, -0.15) is 0 Å². The number of rotatable bonds is 7. The molecule has 1 saturated carbocycles. The SMILES string of the molecule is CC(C)CCn1c(SC(C)C(=O)NC2CCCCC2)nc2ccccc2c1=O. The molecule has 6 heteroatoms. The number of hydrogen-bond donors (Lipinski definition) is 1. The molecule has 1 unspecified atom stereocenters. The summed E-state index contributed by atoms with van der Waals surface area (Å²) in [6.45, 7) is 6.81. The maximum absolute atomic E-state index is 13.0. The number of fused-ring (bicyclic) bond motifs is 1. The normalized spacial score (nSPS) is 16.4. The molecule has 1 N–H and O–H groups in total. The lowest BCUT2D eigenvalue weighted by atomic mass is 9.95. The number of thioether (sulfide) groups is 1. The van der Waals surface area contributed by atoms with Gasteiger partial charge in [-0.25, -0.2) is 4.98 Å². The van der Waals surface area contributed by atoms with Crippen LogP contribution in [0.3, 0.4) is 0 Å². The van der Waals surface area contributed by atoms with Gasteiger partial charge < -0.3 is 5.32 Å². The maximum atomic E-state index is 13.0. The molecule has 1 atom stereocenters. The Labute approximate surface area is 171 Å². The van der Waals surface area contributed by atoms with Crippen molar-refractivity contribution in [1.29, 1.82) is 0 Å². The smallest absolute Gasteiger partial charge is 0.262 e. The van der Waals surface area contributed by atoms with Crippen molar-refractivity contribution in [2.75, 3.05) is 0 Å². The van der Waals surface area contributed by atoms with Crippen LogP contribution in [0.2, 0.25) is 0 Å². The minimum atomic E-state index is -0.291. The van der Waals surface area contributed by atoms with Gasteiger partial charge in [0, 0.05) is 12.6 Å². The Bertz CT molecular complexity index is 872. The molecule has 0 bridgehead atoms. The summed E-state index contributed by atoms with van der Waals surface area (Å²) in [4.78, 5) is 30.5. The molecule has 0 spiro atoms. The first-order valence-electron chi connectivity index (χ1n) is 10.4. The van der Waals surface area contributed by atoms with Crippen molar-refractivity contribution in [3.63, 3.8) is 0 Å². The first-order valence-corrected chi connectivity index (χ1v) is 11.3. The number of carbonyl (C=O) groups excluding carboxylic acids is 1. The van der Waals surface area contributed by atoms with Crippen LogP contribution in [0.15, 0.2) is 34.2 Å². The summed E-state index contributed by atoms with van der Waals surface area (Å²) in [7, 11) is 0. The summed E-state index contributed by atoms with van der Waals surface area (Å²) < 4.78 is 1.75. The van der Waals surface area contributed by atoms with Crippen molar-refractivity contribution >= 4 is 28.6 Å². The second kappa shape index (κ2) is 9.59. The topological polar surface area (TPSA) is 64.0 Å². The summed E-state index contributed by atoms with van der Waals surface area (Å²) in [5.74, 6) is 0.526. The van der Waals surface area contributed by atoms with E-state index in [0.717, 1.165) is 19.3 Å². The highest BCUT2D eigenvalue weighted by Crippen LogP contribution is 2.24. The van der Waals surface area contributed by atoms with Crippen LogP contribution >= 0.6 is 11.8 Å². The average molecular weight is 402 g/mol. The van der Waals surface area contributed by atoms with Gasteiger partial charge in [0.05, 0.1) is 16.2 Å². The standard InChI is InChI=1S/C22H31N3O2S/c1-15(2)13-14-25-21(27)18-11-7-8-12-19(18)24-22(25)28-16(3)20(26)23-17-9-5-4-6-10-17/h7-8,11-12,15-17H,4-6,9-10,13-14H2,1-3H3,(H,23,26). The highest BCUT2D eigenvalue weighted by Gasteiger charge is 2.22. The van der Waals surface area contributed by atoms with Crippen LogP contribution in [0, 0.1) is 5.92 Å². The van der Waals surface area contributed by atoms with Crippen LogP contribution in [0.5, 0.6) is 0 Å². The summed E-state index contributed by atoms with van der Waals surface area (Å²) in [6, 6.07) is 7.73. The molecule has 152 valence electrons. The monoisotopic (exact) mass is 401 g/mol. The van der Waals surface area contributed by atoms with Crippen molar-refractivity contribution < 1.29 is 4.79 Å². The Morgan fingerprint density at radius 3 is 2.64 bits per heavy atom. The predicted octanol–water partition coefficient (Wildman–Crippen LogP) is 4.37. The fourth-order valence-corrected chi connectivity index (χ4v) is 4.54. The van der Waals surface area contributed by atoms with E-state index in [9.17, 15) is 9.59 Å². The maximum Gasteiger partial charge on any atom is 0.262 e. The minimum Gasteiger partial charge on any atom is -0.352 e. The molecule has 1 aliphatic carbocycles. The second-order valence-electron chi connectivity index (χ2n) is 8.15. The quantitative estimate of drug-likeness (QED) is 0.553. The van der Waals surface area contributed by atoms with Gasteiger partial charge in [0.2, 0.25) is 5.91 Å². The zero-order valence-electron chi connectivity index (χ0n) is 17.1. The van der Waals surface area contributed by atoms with Gasteiger partial charge in [-0.1, -0.05) is 57.0 Å². The lowest BCUT2D eigenvalue weighted by Crippen LogP contribution is -2.40. The van der Waals surface area contributed by atoms with Gasteiger partial charge in [-0.05, 0) is 44.2 Å². The van der Waals surface area contributed by atoms with E-state index in [0.29, 0.717) is 28.5 Å². The van der Waals surface area contributed by atoms with Gasteiger partial charge in [-0.15, -0.1) is 0 Å². The third-order valence-corrected chi connectivity index (χ3v) is 6.45. The van der Waals surface area contributed by atoms with Gasteiger partial charge >= 0.3 is 0 Å². The van der Waals surface area contributed by atoms with Gasteiger partial charge in [0.1, 0.15) is 0 Å². The van der Waals surface area contributed by atoms with E-state index >= 15 is 0 Å². The van der Waals surface area contributed by atoms with Crippen LogP contribution < -0.4 is 10.9 Å². The molecule has 0 aliphatic heterocycles. The second-order valence-corrected chi connectivity index (χ2v) is 9.46. The lowest BCUT2D eigenvalue weighted by Gasteiger charge is -2.24. The zero-order chi connectivity index (χ0) is 20.1. The zero-order valence-corrected chi connectivity index (χ0v) is 17.9. The van der Waals surface area contributed by atoms with Crippen LogP contribution in [0.1, 0.15) is 59.3 Å². The molecule has 1 aromatic carbocycles. The Balaban J connectivity index is 1.82. The molecule has 28 heavy (non-hydrogen) atoms. The van der Waals surface area contributed by atoms with Crippen molar-refractivity contribution in [2.24, 2.45) is 5.92 Å². The number of carbonyl (C=O) groups is 1. The van der Waals surface area contributed by atoms with Crippen molar-refractivity contribution in [2.45, 2.75) is 82.3 Å². The van der Waals surface area contributed by atoms with E-state index in [2.05, 4.69) is 19.2 Å². The van der Waals surface area contributed by atoms with Gasteiger partial charge in [0.25, 0.3) is 5.56 Å². The van der Waals surface area contributed by atoms with Crippen LogP contribution in [0.25, 0.3) is 10.9 Å². The van der Waals surface area contributed by atoms with Gasteiger partial charge in [0.15, 0.2) is 5.16 Å². The molecule has 0 radical (unpaired) electrons. The highest BCUT2D eigenvalue weighted by atomic mass is 32.2. The first-order chi connectivity index (χ1) is 13.5. The van der Waals surface area contributed by atoms with Crippen molar-refractivity contribution in [3.05, 3.63) is 34.6 Å². The summed E-state index contributed by atoms with van der Waals surface area (Å²) in [6.07, 6.45) is 6.67. The predicted molar refractivity (Wildman–Crippen MR) is 116 cm³/mol. The van der Waals surface area contributed by atoms with Crippen LogP contribution in [-0.2, 0) is 11.3 Å². The largest absolute Gasteiger partial charge is 0.352 e. The number of benzene rings is 1. The highest BCUT2D eigenvalue weighted by molar-refractivity contribution is 8.00. The number of amides is 1. The first kappa shape index (κ1) is 20.9. The molecule has 1 aliphatic rings. The molecule has 3 rings (SSSR count). The number of para-hydroxylation sites is 1. The molecule has 0 saturated heterocycles. The van der Waals surface area contributed by atoms with Crippen LogP contribution in [0.4, 0.5) is 0 Å². The Hall–Kier alpha value is -1.82. The average Bonchev–Trinajstić information content (AvgIpc) is 2.68. The van der Waals surface area contributed by atoms with Crippen molar-refractivity contribution in [3.8, 4) is 0 Å². The molecule has 1 amide bonds. The Morgan fingerprint density at radius 2 is 1.93 bits per heavy atom. The van der Waals surface area contributed by atoms with Crippen molar-refractivity contribution in [1.82, 2.24) is 14.9 Å². The number of nitrogens with zero attached hydrogens (tertiary/aromatic N) is 2. The minimum absolute atomic E-state index is 0.0198. The molecular weight excluding hydrogens is 370 g/mol. The third-order valence-electron chi connectivity index (χ3n) is 5.36. The van der Waals surface area contributed by atoms with E-state index < -0.39 is 0 Å². The summed E-state index contributed by atoms with van der Waals surface area (Å²) in [5, 5.41) is 4.16. The van der Waals surface area contributed by atoms with E-state index in [1.165, 1.54) is 31.0 Å². The molecule has 1 aromatic heterocycles. The van der Waals surface area contributed by atoms with E-state index in [1.807, 2.05) is 31.2 Å². The molecule has 1 heterocycles. The summed E-state index contributed by atoms with van der Waals surface area (Å²) in [5.41, 5.74) is 0.671. The van der Waals surface area contributed by atoms with Crippen LogP contribution in [-0.4, -0.2) is 26.8 Å². The molecule has 1 fully saturated rings. The Morgan fingerprint density at radius 1 is 1.21 bits per heavy atom. The molecule has 5 nitrogen and oxygen atoms in total. The molecular formula is C22H31N3O2S. The fraction of sp³-hybridized carbons (Fsp3) is 0.591. The fourth-order valence-electron chi connectivity index (χ4n) is 3.60.